The normalized spacial score (nSPS) is 12.3. The predicted octanol–water partition coefficient (Wildman–Crippen LogP) is 4.07. The van der Waals surface area contributed by atoms with Gasteiger partial charge in [-0.25, -0.2) is 4.79 Å². The molecule has 0 aliphatic carbocycles. The van der Waals surface area contributed by atoms with Gasteiger partial charge in [0.2, 0.25) is 0 Å². The lowest BCUT2D eigenvalue weighted by molar-refractivity contribution is -0.152. The lowest BCUT2D eigenvalue weighted by Crippen LogP contribution is -2.38. The number of carbonyl (C=O) groups is 2. The molecule has 0 bridgehead atoms. The molecular weight excluding hydrogens is 342 g/mol. The molecule has 6 heteroatoms. The largest absolute Gasteiger partial charge is 0.478 e. The summed E-state index contributed by atoms with van der Waals surface area (Å²) in [5.41, 5.74) is -0.333. The second-order valence-electron chi connectivity index (χ2n) is 6.13. The van der Waals surface area contributed by atoms with Crippen LogP contribution in [0.15, 0.2) is 48.5 Å². The van der Waals surface area contributed by atoms with Gasteiger partial charge in [-0.3, -0.25) is 4.79 Å². The second kappa shape index (κ2) is 7.57. The Morgan fingerprint density at radius 2 is 1.72 bits per heavy atom. The van der Waals surface area contributed by atoms with Gasteiger partial charge in [-0.05, 0) is 39.0 Å². The fourth-order valence-corrected chi connectivity index (χ4v) is 2.47. The number of carboxylic acid groups (broad SMARTS) is 1. The van der Waals surface area contributed by atoms with Gasteiger partial charge in [0.25, 0.3) is 5.91 Å². The molecule has 1 unspecified atom stereocenters. The van der Waals surface area contributed by atoms with Gasteiger partial charge in [-0.2, -0.15) is 0 Å². The van der Waals surface area contributed by atoms with E-state index in [4.69, 9.17) is 16.3 Å². The van der Waals surface area contributed by atoms with Crippen LogP contribution in [0.2, 0.25) is 5.02 Å². The van der Waals surface area contributed by atoms with E-state index in [1.807, 2.05) is 0 Å². The maximum absolute atomic E-state index is 12.4. The molecule has 0 saturated carbocycles. The molecule has 132 valence electrons. The van der Waals surface area contributed by atoms with E-state index >= 15 is 0 Å². The number of halogens is 1. The van der Waals surface area contributed by atoms with Gasteiger partial charge in [0.05, 0.1) is 16.6 Å². The number of ether oxygens (including phenoxy) is 1. The summed E-state index contributed by atoms with van der Waals surface area (Å²) in [7, 11) is 0. The van der Waals surface area contributed by atoms with E-state index in [1.165, 1.54) is 13.8 Å². The Morgan fingerprint density at radius 1 is 1.12 bits per heavy atom. The van der Waals surface area contributed by atoms with Crippen molar-refractivity contribution in [1.82, 2.24) is 5.32 Å². The molecule has 0 saturated heterocycles. The van der Waals surface area contributed by atoms with Crippen molar-refractivity contribution in [3.05, 3.63) is 64.7 Å². The molecule has 0 aliphatic rings. The molecule has 0 fully saturated rings. The maximum Gasteiger partial charge on any atom is 0.347 e. The fourth-order valence-electron chi connectivity index (χ4n) is 2.25. The summed E-state index contributed by atoms with van der Waals surface area (Å²) in [5, 5.41) is 12.5. The van der Waals surface area contributed by atoms with Crippen LogP contribution < -0.4 is 10.1 Å². The van der Waals surface area contributed by atoms with Crippen molar-refractivity contribution in [1.29, 1.82) is 0 Å². The number of amides is 1. The molecule has 0 aromatic heterocycles. The molecule has 0 radical (unpaired) electrons. The summed E-state index contributed by atoms with van der Waals surface area (Å²) >= 11 is 6.05. The maximum atomic E-state index is 12.4. The van der Waals surface area contributed by atoms with Crippen LogP contribution in [-0.2, 0) is 4.79 Å². The number of rotatable bonds is 6. The average Bonchev–Trinajstić information content (AvgIpc) is 2.55. The van der Waals surface area contributed by atoms with E-state index in [-0.39, 0.29) is 5.91 Å². The zero-order valence-corrected chi connectivity index (χ0v) is 15.0. The van der Waals surface area contributed by atoms with E-state index in [2.05, 4.69) is 5.32 Å². The predicted molar refractivity (Wildman–Crippen MR) is 96.1 cm³/mol. The molecule has 2 rings (SSSR count). The highest BCUT2D eigenvalue weighted by Crippen LogP contribution is 2.29. The minimum Gasteiger partial charge on any atom is -0.478 e. The number of carboxylic acids is 1. The van der Waals surface area contributed by atoms with Crippen molar-refractivity contribution in [3.63, 3.8) is 0 Å². The minimum absolute atomic E-state index is 0.314. The summed E-state index contributed by atoms with van der Waals surface area (Å²) in [6.07, 6.45) is 0. The van der Waals surface area contributed by atoms with Crippen LogP contribution in [0.5, 0.6) is 5.75 Å². The van der Waals surface area contributed by atoms with Crippen LogP contribution in [-0.4, -0.2) is 22.6 Å². The molecule has 0 spiro atoms. The average molecular weight is 362 g/mol. The Kier molecular flexibility index (Phi) is 5.69. The Morgan fingerprint density at radius 3 is 2.36 bits per heavy atom. The van der Waals surface area contributed by atoms with E-state index < -0.39 is 17.6 Å². The first-order valence-corrected chi connectivity index (χ1v) is 8.17. The molecule has 2 aromatic rings. The summed E-state index contributed by atoms with van der Waals surface area (Å²) in [5.74, 6) is -0.984. The second-order valence-corrected chi connectivity index (χ2v) is 6.54. The molecule has 2 N–H and O–H groups in total. The minimum atomic E-state index is -1.39. The first-order chi connectivity index (χ1) is 11.7. The Labute approximate surface area is 151 Å². The van der Waals surface area contributed by atoms with E-state index in [0.29, 0.717) is 21.9 Å². The van der Waals surface area contributed by atoms with E-state index in [0.717, 1.165) is 0 Å². The number of carbonyl (C=O) groups excluding carboxylic acids is 1. The number of hydrogen-bond donors (Lipinski definition) is 2. The van der Waals surface area contributed by atoms with Gasteiger partial charge in [0.15, 0.2) is 5.60 Å². The molecule has 0 heterocycles. The third-order valence-electron chi connectivity index (χ3n) is 3.73. The summed E-state index contributed by atoms with van der Waals surface area (Å²) in [6.45, 7) is 4.74. The molecule has 2 aromatic carbocycles. The third-order valence-corrected chi connectivity index (χ3v) is 4.06. The molecular formula is C19H20ClNO4. The lowest BCUT2D eigenvalue weighted by atomic mass is 10.1. The lowest BCUT2D eigenvalue weighted by Gasteiger charge is -2.25. The monoisotopic (exact) mass is 361 g/mol. The van der Waals surface area contributed by atoms with Gasteiger partial charge in [0, 0.05) is 5.56 Å². The molecule has 25 heavy (non-hydrogen) atoms. The SMILES string of the molecule is CC(NC(=O)c1ccccc1Cl)c1ccccc1OC(C)(C)C(=O)O. The Bertz CT molecular complexity index is 788. The van der Waals surface area contributed by atoms with E-state index in [9.17, 15) is 14.7 Å². The highest BCUT2D eigenvalue weighted by molar-refractivity contribution is 6.33. The van der Waals surface area contributed by atoms with E-state index in [1.54, 1.807) is 55.5 Å². The van der Waals surface area contributed by atoms with Crippen LogP contribution in [0.3, 0.4) is 0 Å². The highest BCUT2D eigenvalue weighted by atomic mass is 35.5. The smallest absolute Gasteiger partial charge is 0.347 e. The van der Waals surface area contributed by atoms with Crippen LogP contribution in [0.25, 0.3) is 0 Å². The number of para-hydroxylation sites is 1. The fraction of sp³-hybridized carbons (Fsp3) is 0.263. The third kappa shape index (κ3) is 4.51. The molecule has 0 aliphatic heterocycles. The zero-order chi connectivity index (χ0) is 18.6. The first-order valence-electron chi connectivity index (χ1n) is 7.79. The van der Waals surface area contributed by atoms with Crippen molar-refractivity contribution < 1.29 is 19.4 Å². The summed E-state index contributed by atoms with van der Waals surface area (Å²) < 4.78 is 5.65. The number of hydrogen-bond acceptors (Lipinski definition) is 3. The standard InChI is InChI=1S/C19H20ClNO4/c1-12(21-17(22)14-9-4-6-10-15(14)20)13-8-5-7-11-16(13)25-19(2,3)18(23)24/h4-12H,1-3H3,(H,21,22)(H,23,24). The summed E-state index contributed by atoms with van der Waals surface area (Å²) in [6, 6.07) is 13.4. The van der Waals surface area contributed by atoms with Crippen molar-refractivity contribution in [2.45, 2.75) is 32.4 Å². The molecule has 1 amide bonds. The first kappa shape index (κ1) is 18.8. The van der Waals surface area contributed by atoms with Crippen molar-refractivity contribution >= 4 is 23.5 Å². The highest BCUT2D eigenvalue weighted by Gasteiger charge is 2.30. The zero-order valence-electron chi connectivity index (χ0n) is 14.2. The topological polar surface area (TPSA) is 75.6 Å². The number of nitrogens with one attached hydrogen (secondary N) is 1. The van der Waals surface area contributed by atoms with Gasteiger partial charge in [-0.15, -0.1) is 0 Å². The van der Waals surface area contributed by atoms with Crippen LogP contribution in [0.4, 0.5) is 0 Å². The van der Waals surface area contributed by atoms with Gasteiger partial charge in [0.1, 0.15) is 5.75 Å². The quantitative estimate of drug-likeness (QED) is 0.813. The summed E-state index contributed by atoms with van der Waals surface area (Å²) in [4.78, 5) is 23.7. The Hall–Kier alpha value is -2.53. The molecule has 5 nitrogen and oxygen atoms in total. The van der Waals surface area contributed by atoms with Crippen molar-refractivity contribution in [2.24, 2.45) is 0 Å². The van der Waals surface area contributed by atoms with Crippen molar-refractivity contribution in [3.8, 4) is 5.75 Å². The van der Waals surface area contributed by atoms with Crippen LogP contribution >= 0.6 is 11.6 Å². The van der Waals surface area contributed by atoms with Gasteiger partial charge >= 0.3 is 5.97 Å². The van der Waals surface area contributed by atoms with Gasteiger partial charge in [-0.1, -0.05) is 41.9 Å². The molecule has 1 atom stereocenters. The number of benzene rings is 2. The van der Waals surface area contributed by atoms with Crippen LogP contribution in [0.1, 0.15) is 42.7 Å². The Balaban J connectivity index is 2.23. The number of aliphatic carboxylic acids is 1. The van der Waals surface area contributed by atoms with Gasteiger partial charge < -0.3 is 15.2 Å². The van der Waals surface area contributed by atoms with Crippen molar-refractivity contribution in [2.75, 3.05) is 0 Å². The van der Waals surface area contributed by atoms with Crippen LogP contribution in [0, 0.1) is 0 Å².